The summed E-state index contributed by atoms with van der Waals surface area (Å²) >= 11 is 1.43. The number of pyridine rings is 1. The highest BCUT2D eigenvalue weighted by atomic mass is 32.1. The Balaban J connectivity index is 1.52. The molecule has 0 saturated heterocycles. The average molecular weight is 442 g/mol. The average Bonchev–Trinajstić information content (AvgIpc) is 3.35. The molecule has 2 aromatic carbocycles. The van der Waals surface area contributed by atoms with Crippen LogP contribution in [0.3, 0.4) is 0 Å². The minimum Gasteiger partial charge on any atom is -0.438 e. The third kappa shape index (κ3) is 3.78. The number of benzene rings is 2. The second-order valence-corrected chi connectivity index (χ2v) is 9.05. The predicted molar refractivity (Wildman–Crippen MR) is 128 cm³/mol. The number of oxazole rings is 1. The first-order chi connectivity index (χ1) is 15.5. The minimum absolute atomic E-state index is 0.134. The topological polar surface area (TPSA) is 68.0 Å². The van der Waals surface area contributed by atoms with Gasteiger partial charge in [0.2, 0.25) is 5.89 Å². The largest absolute Gasteiger partial charge is 0.438 e. The number of amides is 1. The first-order valence-electron chi connectivity index (χ1n) is 10.6. The summed E-state index contributed by atoms with van der Waals surface area (Å²) in [7, 11) is 0. The van der Waals surface area contributed by atoms with Crippen LogP contribution in [0, 0.1) is 20.8 Å². The number of aryl methyl sites for hydroxylation is 3. The van der Waals surface area contributed by atoms with E-state index in [-0.39, 0.29) is 5.91 Å². The van der Waals surface area contributed by atoms with Crippen LogP contribution < -0.4 is 5.32 Å². The van der Waals surface area contributed by atoms with Crippen LogP contribution in [0.4, 0.5) is 0 Å². The molecular formula is C26H23N3O2S. The third-order valence-electron chi connectivity index (χ3n) is 5.63. The molecule has 0 spiro atoms. The molecule has 0 saturated carbocycles. The van der Waals surface area contributed by atoms with Gasteiger partial charge in [-0.3, -0.25) is 4.79 Å². The summed E-state index contributed by atoms with van der Waals surface area (Å²) in [6.45, 7) is 6.03. The summed E-state index contributed by atoms with van der Waals surface area (Å²) in [4.78, 5) is 24.3. The normalized spacial score (nSPS) is 12.3. The summed E-state index contributed by atoms with van der Waals surface area (Å²) in [6, 6.07) is 19.4. The predicted octanol–water partition coefficient (Wildman–Crippen LogP) is 6.08. The van der Waals surface area contributed by atoms with Crippen LogP contribution in [0.5, 0.6) is 0 Å². The van der Waals surface area contributed by atoms with Crippen LogP contribution in [0.1, 0.15) is 44.0 Å². The molecule has 0 bridgehead atoms. The van der Waals surface area contributed by atoms with Gasteiger partial charge in [0, 0.05) is 17.5 Å². The molecular weight excluding hydrogens is 418 g/mol. The second-order valence-electron chi connectivity index (χ2n) is 8.05. The lowest BCUT2D eigenvalue weighted by atomic mass is 10.1. The van der Waals surface area contributed by atoms with E-state index < -0.39 is 6.04 Å². The van der Waals surface area contributed by atoms with Gasteiger partial charge in [-0.1, -0.05) is 42.5 Å². The van der Waals surface area contributed by atoms with Crippen molar-refractivity contribution in [3.8, 4) is 0 Å². The molecule has 5 rings (SSSR count). The molecule has 0 aliphatic heterocycles. The fourth-order valence-electron chi connectivity index (χ4n) is 4.15. The van der Waals surface area contributed by atoms with Gasteiger partial charge in [0.05, 0.1) is 4.88 Å². The van der Waals surface area contributed by atoms with Crippen molar-refractivity contribution < 1.29 is 9.21 Å². The Hall–Kier alpha value is -3.51. The van der Waals surface area contributed by atoms with E-state index in [1.807, 2.05) is 68.4 Å². The summed E-state index contributed by atoms with van der Waals surface area (Å²) in [5, 5.41) is 4.24. The molecule has 32 heavy (non-hydrogen) atoms. The summed E-state index contributed by atoms with van der Waals surface area (Å²) in [6.07, 6.45) is 0.583. The monoisotopic (exact) mass is 441 g/mol. The fraction of sp³-hybridized carbons (Fsp3) is 0.192. The number of para-hydroxylation sites is 2. The lowest BCUT2D eigenvalue weighted by Gasteiger charge is -2.16. The smallest absolute Gasteiger partial charge is 0.262 e. The van der Waals surface area contributed by atoms with Crippen molar-refractivity contribution >= 4 is 38.6 Å². The Kier molecular flexibility index (Phi) is 5.23. The van der Waals surface area contributed by atoms with Gasteiger partial charge >= 0.3 is 0 Å². The molecule has 3 aromatic heterocycles. The van der Waals surface area contributed by atoms with Crippen LogP contribution in [0.25, 0.3) is 21.3 Å². The number of rotatable bonds is 5. The SMILES string of the molecule is Cc1cc(C)c2c(C)c(C(=O)NC(Cc3ccccc3)c3nc4ccccc4o3)sc2n1. The molecule has 0 aliphatic carbocycles. The maximum absolute atomic E-state index is 13.4. The van der Waals surface area contributed by atoms with E-state index in [1.165, 1.54) is 11.3 Å². The van der Waals surface area contributed by atoms with Crippen LogP contribution in [-0.4, -0.2) is 15.9 Å². The van der Waals surface area contributed by atoms with Gasteiger partial charge in [-0.25, -0.2) is 9.97 Å². The minimum atomic E-state index is -0.391. The number of aromatic nitrogens is 2. The van der Waals surface area contributed by atoms with Gasteiger partial charge in [-0.2, -0.15) is 0 Å². The number of hydrogen-bond acceptors (Lipinski definition) is 5. The second kappa shape index (κ2) is 8.20. The van der Waals surface area contributed by atoms with Gasteiger partial charge < -0.3 is 9.73 Å². The Morgan fingerprint density at radius 3 is 2.56 bits per heavy atom. The van der Waals surface area contributed by atoms with E-state index in [4.69, 9.17) is 4.42 Å². The number of nitrogens with zero attached hydrogens (tertiary/aromatic N) is 2. The van der Waals surface area contributed by atoms with Crippen LogP contribution in [-0.2, 0) is 6.42 Å². The molecule has 0 fully saturated rings. The lowest BCUT2D eigenvalue weighted by Crippen LogP contribution is -2.30. The van der Waals surface area contributed by atoms with Crippen molar-refractivity contribution in [1.29, 1.82) is 0 Å². The molecule has 5 nitrogen and oxygen atoms in total. The van der Waals surface area contributed by atoms with Crippen molar-refractivity contribution in [3.63, 3.8) is 0 Å². The Bertz CT molecular complexity index is 1400. The van der Waals surface area contributed by atoms with E-state index >= 15 is 0 Å². The summed E-state index contributed by atoms with van der Waals surface area (Å²) in [5.41, 5.74) is 5.65. The van der Waals surface area contributed by atoms with Gasteiger partial charge in [0.15, 0.2) is 5.58 Å². The number of fused-ring (bicyclic) bond motifs is 2. The molecule has 160 valence electrons. The summed E-state index contributed by atoms with van der Waals surface area (Å²) in [5.74, 6) is 0.373. The third-order valence-corrected chi connectivity index (χ3v) is 6.81. The first-order valence-corrected chi connectivity index (χ1v) is 11.4. The number of thiophene rings is 1. The quantitative estimate of drug-likeness (QED) is 0.359. The Labute approximate surface area is 190 Å². The molecule has 1 unspecified atom stereocenters. The first kappa shape index (κ1) is 20.4. The van der Waals surface area contributed by atoms with Crippen molar-refractivity contribution in [2.45, 2.75) is 33.2 Å². The van der Waals surface area contributed by atoms with Crippen molar-refractivity contribution in [2.75, 3.05) is 0 Å². The number of carbonyl (C=O) groups excluding carboxylic acids is 1. The van der Waals surface area contributed by atoms with E-state index in [2.05, 4.69) is 28.3 Å². The number of nitrogens with one attached hydrogen (secondary N) is 1. The molecule has 3 heterocycles. The lowest BCUT2D eigenvalue weighted by molar-refractivity contribution is 0.0934. The van der Waals surface area contributed by atoms with Gasteiger partial charge in [-0.05, 0) is 55.7 Å². The molecule has 6 heteroatoms. The summed E-state index contributed by atoms with van der Waals surface area (Å²) < 4.78 is 6.03. The van der Waals surface area contributed by atoms with Crippen molar-refractivity contribution in [2.24, 2.45) is 0 Å². The highest BCUT2D eigenvalue weighted by molar-refractivity contribution is 7.20. The zero-order valence-corrected chi connectivity index (χ0v) is 19.0. The van der Waals surface area contributed by atoms with Crippen LogP contribution in [0.15, 0.2) is 65.1 Å². The van der Waals surface area contributed by atoms with Gasteiger partial charge in [0.1, 0.15) is 16.4 Å². The van der Waals surface area contributed by atoms with E-state index in [0.717, 1.165) is 38.1 Å². The van der Waals surface area contributed by atoms with Crippen molar-refractivity contribution in [3.05, 3.63) is 93.8 Å². The standard InChI is InChI=1S/C26H23N3O2S/c1-15-13-16(2)27-26-22(15)17(3)23(32-26)24(30)28-20(14-18-9-5-4-6-10-18)25-29-19-11-7-8-12-21(19)31-25/h4-13,20H,14H2,1-3H3,(H,28,30). The highest BCUT2D eigenvalue weighted by Crippen LogP contribution is 2.33. The van der Waals surface area contributed by atoms with Crippen molar-refractivity contribution in [1.82, 2.24) is 15.3 Å². The fourth-order valence-corrected chi connectivity index (χ4v) is 5.35. The molecule has 0 aliphatic rings. The number of hydrogen-bond donors (Lipinski definition) is 1. The van der Waals surface area contributed by atoms with Crippen LogP contribution in [0.2, 0.25) is 0 Å². The zero-order chi connectivity index (χ0) is 22.2. The molecule has 1 atom stereocenters. The molecule has 1 N–H and O–H groups in total. The van der Waals surface area contributed by atoms with E-state index in [0.29, 0.717) is 22.8 Å². The van der Waals surface area contributed by atoms with E-state index in [1.54, 1.807) is 0 Å². The van der Waals surface area contributed by atoms with E-state index in [9.17, 15) is 4.79 Å². The molecule has 0 radical (unpaired) electrons. The number of carbonyl (C=O) groups is 1. The van der Waals surface area contributed by atoms with Crippen LogP contribution >= 0.6 is 11.3 Å². The zero-order valence-electron chi connectivity index (χ0n) is 18.2. The molecule has 1 amide bonds. The Morgan fingerprint density at radius 1 is 1.03 bits per heavy atom. The van der Waals surface area contributed by atoms with Gasteiger partial charge in [-0.15, -0.1) is 11.3 Å². The maximum Gasteiger partial charge on any atom is 0.262 e. The Morgan fingerprint density at radius 2 is 1.78 bits per heavy atom. The highest BCUT2D eigenvalue weighted by Gasteiger charge is 2.25. The van der Waals surface area contributed by atoms with Gasteiger partial charge in [0.25, 0.3) is 5.91 Å². The maximum atomic E-state index is 13.4. The molecule has 5 aromatic rings.